The molecule has 158 valence electrons. The second-order valence-electron chi connectivity index (χ2n) is 6.80. The summed E-state index contributed by atoms with van der Waals surface area (Å²) in [5.41, 5.74) is 2.33. The maximum absolute atomic E-state index is 12.6. The maximum atomic E-state index is 12.6. The molecule has 3 aromatic rings. The van der Waals surface area contributed by atoms with Crippen molar-refractivity contribution in [1.29, 1.82) is 0 Å². The molecular formula is C22H16Cl2N2O4S. The molecule has 1 saturated heterocycles. The average Bonchev–Trinajstić information content (AvgIpc) is 3.15. The molecule has 1 fully saturated rings. The van der Waals surface area contributed by atoms with Crippen LogP contribution in [-0.2, 0) is 11.4 Å². The number of nitrogens with zero attached hydrogens (tertiary/aromatic N) is 2. The average molecular weight is 475 g/mol. The third kappa shape index (κ3) is 4.79. The lowest BCUT2D eigenvalue weighted by atomic mass is 10.1. The number of benzene rings is 3. The Bertz CT molecular complexity index is 1120. The largest absolute Gasteiger partial charge is 0.489 e. The number of carbonyl (C=O) groups is 1. The first-order valence-corrected chi connectivity index (χ1v) is 11.1. The molecule has 3 aromatic carbocycles. The molecule has 0 saturated carbocycles. The van der Waals surface area contributed by atoms with Gasteiger partial charge in [0.25, 0.3) is 5.69 Å². The van der Waals surface area contributed by atoms with E-state index in [4.69, 9.17) is 27.9 Å². The van der Waals surface area contributed by atoms with Crippen molar-refractivity contribution >= 4 is 52.2 Å². The summed E-state index contributed by atoms with van der Waals surface area (Å²) in [4.78, 5) is 24.7. The molecule has 0 spiro atoms. The number of anilines is 1. The molecule has 9 heteroatoms. The van der Waals surface area contributed by atoms with E-state index in [1.54, 1.807) is 59.5 Å². The highest BCUT2D eigenvalue weighted by Crippen LogP contribution is 2.45. The summed E-state index contributed by atoms with van der Waals surface area (Å²) in [6, 6.07) is 18.6. The van der Waals surface area contributed by atoms with Gasteiger partial charge in [0.15, 0.2) is 0 Å². The van der Waals surface area contributed by atoms with E-state index in [9.17, 15) is 14.9 Å². The predicted octanol–water partition coefficient (Wildman–Crippen LogP) is 6.26. The Hall–Kier alpha value is -2.74. The normalized spacial score (nSPS) is 15.9. The highest BCUT2D eigenvalue weighted by molar-refractivity contribution is 8.00. The van der Waals surface area contributed by atoms with E-state index in [0.717, 1.165) is 16.8 Å². The molecule has 0 aliphatic carbocycles. The summed E-state index contributed by atoms with van der Waals surface area (Å²) in [6.07, 6.45) is 0. The topological polar surface area (TPSA) is 72.7 Å². The fourth-order valence-corrected chi connectivity index (χ4v) is 4.75. The first kappa shape index (κ1) is 21.5. The van der Waals surface area contributed by atoms with Gasteiger partial charge in [-0.2, -0.15) is 0 Å². The van der Waals surface area contributed by atoms with Gasteiger partial charge in [0, 0.05) is 33.4 Å². The van der Waals surface area contributed by atoms with Crippen LogP contribution in [0.15, 0.2) is 66.7 Å². The Morgan fingerprint density at radius 1 is 1.03 bits per heavy atom. The second-order valence-corrected chi connectivity index (χ2v) is 8.74. The minimum Gasteiger partial charge on any atom is -0.489 e. The zero-order valence-corrected chi connectivity index (χ0v) is 18.4. The number of halogens is 2. The van der Waals surface area contributed by atoms with Gasteiger partial charge in [0.05, 0.1) is 10.7 Å². The van der Waals surface area contributed by atoms with E-state index < -0.39 is 4.92 Å². The fraction of sp³-hybridized carbons (Fsp3) is 0.136. The molecule has 0 aromatic heterocycles. The SMILES string of the molecule is O=C1CS[C@H](c2cc(Cl)ccc2OCc2ccc([N+](=O)[O-])cc2)N1c1ccc(Cl)cc1. The highest BCUT2D eigenvalue weighted by Gasteiger charge is 2.36. The number of ether oxygens (including phenoxy) is 1. The molecule has 4 rings (SSSR count). The molecule has 0 N–H and O–H groups in total. The number of carbonyl (C=O) groups excluding carboxylic acids is 1. The molecule has 1 heterocycles. The quantitative estimate of drug-likeness (QED) is 0.311. The Balaban J connectivity index is 1.60. The summed E-state index contributed by atoms with van der Waals surface area (Å²) >= 11 is 13.7. The summed E-state index contributed by atoms with van der Waals surface area (Å²) in [6.45, 7) is 0.221. The van der Waals surface area contributed by atoms with Crippen LogP contribution in [0.4, 0.5) is 11.4 Å². The molecule has 1 atom stereocenters. The molecule has 1 aliphatic rings. The van der Waals surface area contributed by atoms with Crippen LogP contribution < -0.4 is 9.64 Å². The smallest absolute Gasteiger partial charge is 0.269 e. The number of rotatable bonds is 6. The van der Waals surface area contributed by atoms with E-state index in [2.05, 4.69) is 0 Å². The van der Waals surface area contributed by atoms with Gasteiger partial charge in [-0.1, -0.05) is 23.2 Å². The van der Waals surface area contributed by atoms with Gasteiger partial charge in [0.1, 0.15) is 17.7 Å². The lowest BCUT2D eigenvalue weighted by molar-refractivity contribution is -0.384. The summed E-state index contributed by atoms with van der Waals surface area (Å²) < 4.78 is 6.03. The number of non-ortho nitro benzene ring substituents is 1. The standard InChI is InChI=1S/C22H16Cl2N2O4S/c23-15-3-8-17(9-4-15)25-21(27)13-31-22(25)19-11-16(24)5-10-20(19)30-12-14-1-6-18(7-2-14)26(28)29/h1-11,22H,12-13H2/t22-/m1/s1. The van der Waals surface area contributed by atoms with Crippen LogP contribution in [0.1, 0.15) is 16.5 Å². The molecule has 1 aliphatic heterocycles. The minimum absolute atomic E-state index is 0.0152. The third-order valence-corrected chi connectivity index (χ3v) is 6.43. The molecule has 0 unspecified atom stereocenters. The Labute approximate surface area is 192 Å². The fourth-order valence-electron chi connectivity index (χ4n) is 3.25. The van der Waals surface area contributed by atoms with Crippen molar-refractivity contribution in [2.45, 2.75) is 12.0 Å². The number of amides is 1. The van der Waals surface area contributed by atoms with Crippen LogP contribution in [0.2, 0.25) is 10.0 Å². The molecule has 0 radical (unpaired) electrons. The highest BCUT2D eigenvalue weighted by atomic mass is 35.5. The van der Waals surface area contributed by atoms with Crippen molar-refractivity contribution in [2.75, 3.05) is 10.7 Å². The summed E-state index contributed by atoms with van der Waals surface area (Å²) in [5.74, 6) is 0.911. The van der Waals surface area contributed by atoms with Gasteiger partial charge in [-0.3, -0.25) is 19.8 Å². The number of hydrogen-bond acceptors (Lipinski definition) is 5. The van der Waals surface area contributed by atoms with Crippen molar-refractivity contribution in [1.82, 2.24) is 0 Å². The summed E-state index contributed by atoms with van der Waals surface area (Å²) in [5, 5.41) is 11.6. The van der Waals surface area contributed by atoms with Crippen LogP contribution in [0.5, 0.6) is 5.75 Å². The molecule has 1 amide bonds. The monoisotopic (exact) mass is 474 g/mol. The molecular weight excluding hydrogens is 459 g/mol. The van der Waals surface area contributed by atoms with E-state index in [0.29, 0.717) is 21.5 Å². The van der Waals surface area contributed by atoms with Crippen LogP contribution in [0.25, 0.3) is 0 Å². The number of hydrogen-bond donors (Lipinski definition) is 0. The van der Waals surface area contributed by atoms with Crippen LogP contribution >= 0.6 is 35.0 Å². The van der Waals surface area contributed by atoms with Gasteiger partial charge < -0.3 is 4.74 Å². The zero-order chi connectivity index (χ0) is 22.0. The number of nitro benzene ring substituents is 1. The van der Waals surface area contributed by atoms with Crippen LogP contribution in [0, 0.1) is 10.1 Å². The van der Waals surface area contributed by atoms with Crippen molar-refractivity contribution in [3.05, 3.63) is 98.0 Å². The van der Waals surface area contributed by atoms with Crippen molar-refractivity contribution in [3.8, 4) is 5.75 Å². The molecule has 31 heavy (non-hydrogen) atoms. The predicted molar refractivity (Wildman–Crippen MR) is 123 cm³/mol. The first-order chi connectivity index (χ1) is 14.9. The zero-order valence-electron chi connectivity index (χ0n) is 16.0. The van der Waals surface area contributed by atoms with Crippen molar-refractivity contribution in [3.63, 3.8) is 0 Å². The van der Waals surface area contributed by atoms with E-state index in [-0.39, 0.29) is 23.6 Å². The number of nitro groups is 1. The van der Waals surface area contributed by atoms with E-state index in [1.807, 2.05) is 0 Å². The second kappa shape index (κ2) is 9.18. The Morgan fingerprint density at radius 3 is 2.39 bits per heavy atom. The maximum Gasteiger partial charge on any atom is 0.269 e. The first-order valence-electron chi connectivity index (χ1n) is 9.27. The third-order valence-electron chi connectivity index (χ3n) is 4.75. The molecule has 6 nitrogen and oxygen atoms in total. The van der Waals surface area contributed by atoms with Gasteiger partial charge in [-0.25, -0.2) is 0 Å². The minimum atomic E-state index is -0.443. The van der Waals surface area contributed by atoms with Crippen molar-refractivity contribution < 1.29 is 14.5 Å². The lowest BCUT2D eigenvalue weighted by Gasteiger charge is -2.26. The van der Waals surface area contributed by atoms with Crippen LogP contribution in [-0.4, -0.2) is 16.6 Å². The van der Waals surface area contributed by atoms with Crippen LogP contribution in [0.3, 0.4) is 0 Å². The van der Waals surface area contributed by atoms with Gasteiger partial charge in [-0.05, 0) is 60.2 Å². The van der Waals surface area contributed by atoms with E-state index in [1.165, 1.54) is 23.9 Å². The Kier molecular flexibility index (Phi) is 6.36. The molecule has 0 bridgehead atoms. The Morgan fingerprint density at radius 2 is 1.71 bits per heavy atom. The van der Waals surface area contributed by atoms with E-state index >= 15 is 0 Å². The van der Waals surface area contributed by atoms with Gasteiger partial charge >= 0.3 is 0 Å². The van der Waals surface area contributed by atoms with Crippen molar-refractivity contribution in [2.24, 2.45) is 0 Å². The lowest BCUT2D eigenvalue weighted by Crippen LogP contribution is -2.28. The van der Waals surface area contributed by atoms with Gasteiger partial charge in [0.2, 0.25) is 5.91 Å². The number of thioether (sulfide) groups is 1. The van der Waals surface area contributed by atoms with Gasteiger partial charge in [-0.15, -0.1) is 11.8 Å². The summed E-state index contributed by atoms with van der Waals surface area (Å²) in [7, 11) is 0.